The molecule has 0 atom stereocenters. The Morgan fingerprint density at radius 2 is 1.91 bits per heavy atom. The fraction of sp³-hybridized carbons (Fsp3) is 0.417. The van der Waals surface area contributed by atoms with Gasteiger partial charge in [-0.3, -0.25) is 14.3 Å². The van der Waals surface area contributed by atoms with Crippen molar-refractivity contribution in [1.82, 2.24) is 14.3 Å². The van der Waals surface area contributed by atoms with Gasteiger partial charge in [0.05, 0.1) is 31.6 Å². The van der Waals surface area contributed by atoms with Gasteiger partial charge in [-0.1, -0.05) is 31.4 Å². The number of benzene rings is 1. The Morgan fingerprint density at radius 1 is 1.12 bits per heavy atom. The smallest absolute Gasteiger partial charge is 0.341 e. The van der Waals surface area contributed by atoms with Crippen LogP contribution in [0.1, 0.15) is 48.9 Å². The largest absolute Gasteiger partial charge is 0.491 e. The highest BCUT2D eigenvalue weighted by molar-refractivity contribution is 5.96. The zero-order valence-corrected chi connectivity index (χ0v) is 18.6. The van der Waals surface area contributed by atoms with Gasteiger partial charge >= 0.3 is 11.9 Å². The van der Waals surface area contributed by atoms with Crippen LogP contribution >= 0.6 is 0 Å². The number of hydrogen-bond donors (Lipinski definition) is 1. The second-order valence-corrected chi connectivity index (χ2v) is 8.10. The Morgan fingerprint density at radius 3 is 2.70 bits per heavy atom. The Labute approximate surface area is 190 Å². The molecule has 3 heterocycles. The number of ether oxygens (including phenoxy) is 2. The molecule has 1 aliphatic rings. The van der Waals surface area contributed by atoms with Crippen molar-refractivity contribution in [3.63, 3.8) is 0 Å². The van der Waals surface area contributed by atoms with E-state index in [0.717, 1.165) is 48.7 Å². The molecule has 2 aromatic heterocycles. The molecule has 3 aromatic rings. The predicted molar refractivity (Wildman–Crippen MR) is 122 cm³/mol. The van der Waals surface area contributed by atoms with Crippen LogP contribution in [0.25, 0.3) is 22.3 Å². The summed E-state index contributed by atoms with van der Waals surface area (Å²) in [7, 11) is 1.41. The first-order valence-electron chi connectivity index (χ1n) is 11.2. The van der Waals surface area contributed by atoms with Crippen LogP contribution in [0.4, 0.5) is 0 Å². The quantitative estimate of drug-likeness (QED) is 0.369. The van der Waals surface area contributed by atoms with E-state index in [-0.39, 0.29) is 11.5 Å². The lowest BCUT2D eigenvalue weighted by Crippen LogP contribution is -2.24. The van der Waals surface area contributed by atoms with Gasteiger partial charge in [0.1, 0.15) is 16.8 Å². The molecule has 174 valence electrons. The number of nitrogens with zero attached hydrogens (tertiary/aromatic N) is 3. The minimum Gasteiger partial charge on any atom is -0.491 e. The number of aryl methyl sites for hydroxylation is 2. The number of hydrogen-bond acceptors (Lipinski definition) is 6. The minimum absolute atomic E-state index is 0.163. The molecule has 1 aliphatic heterocycles. The van der Waals surface area contributed by atoms with Gasteiger partial charge in [0.25, 0.3) is 0 Å². The van der Waals surface area contributed by atoms with Gasteiger partial charge in [0.2, 0.25) is 0 Å². The first-order chi connectivity index (χ1) is 16.0. The maximum Gasteiger partial charge on any atom is 0.341 e. The van der Waals surface area contributed by atoms with E-state index in [4.69, 9.17) is 9.84 Å². The second-order valence-electron chi connectivity index (χ2n) is 8.10. The predicted octanol–water partition coefficient (Wildman–Crippen LogP) is 3.47. The number of rotatable bonds is 10. The summed E-state index contributed by atoms with van der Waals surface area (Å²) >= 11 is 0. The standard InChI is InChI=1S/C24H27N3O6/c1-32-21(29)10-5-3-2-4-6-13-33-20-9-7-8-16-22(20)25-27-12-11-26-15-17(24(30)31)19(28)14-18(26)23(16)27/h7-9,14-15H,2-6,10-13H2,1H3,(H,30,31). The van der Waals surface area contributed by atoms with Crippen molar-refractivity contribution < 1.29 is 24.2 Å². The van der Waals surface area contributed by atoms with E-state index in [1.54, 1.807) is 4.57 Å². The molecule has 0 radical (unpaired) electrons. The van der Waals surface area contributed by atoms with Crippen LogP contribution in [0.3, 0.4) is 0 Å². The van der Waals surface area contributed by atoms with Crippen molar-refractivity contribution in [1.29, 1.82) is 0 Å². The van der Waals surface area contributed by atoms with Crippen molar-refractivity contribution >= 4 is 22.8 Å². The van der Waals surface area contributed by atoms with Crippen molar-refractivity contribution in [2.75, 3.05) is 13.7 Å². The van der Waals surface area contributed by atoms with Crippen LogP contribution in [0.15, 0.2) is 35.3 Å². The van der Waals surface area contributed by atoms with Crippen molar-refractivity contribution in [3.8, 4) is 17.1 Å². The molecular weight excluding hydrogens is 426 g/mol. The molecule has 9 nitrogen and oxygen atoms in total. The zero-order valence-electron chi connectivity index (χ0n) is 18.6. The Balaban J connectivity index is 1.44. The maximum atomic E-state index is 12.3. The van der Waals surface area contributed by atoms with Crippen LogP contribution < -0.4 is 10.2 Å². The molecule has 0 spiro atoms. The van der Waals surface area contributed by atoms with E-state index >= 15 is 0 Å². The maximum absolute atomic E-state index is 12.3. The Kier molecular flexibility index (Phi) is 6.76. The highest BCUT2D eigenvalue weighted by atomic mass is 16.5. The van der Waals surface area contributed by atoms with Crippen LogP contribution in [0, 0.1) is 0 Å². The van der Waals surface area contributed by atoms with Crippen LogP contribution in [-0.2, 0) is 22.6 Å². The molecule has 1 N–H and O–H groups in total. The summed E-state index contributed by atoms with van der Waals surface area (Å²) in [5, 5.41) is 14.8. The van der Waals surface area contributed by atoms with E-state index < -0.39 is 11.4 Å². The number of unbranched alkanes of at least 4 members (excludes halogenated alkanes) is 4. The summed E-state index contributed by atoms with van der Waals surface area (Å²) in [6.45, 7) is 1.67. The van der Waals surface area contributed by atoms with Crippen LogP contribution in [-0.4, -0.2) is 45.1 Å². The lowest BCUT2D eigenvalue weighted by atomic mass is 10.1. The topological polar surface area (TPSA) is 113 Å². The van der Waals surface area contributed by atoms with E-state index in [2.05, 4.69) is 4.74 Å². The molecule has 9 heteroatoms. The number of fused-ring (bicyclic) bond motifs is 5. The molecule has 33 heavy (non-hydrogen) atoms. The first-order valence-corrected chi connectivity index (χ1v) is 11.2. The SMILES string of the molecule is COC(=O)CCCCCCCOc1cccc2c3n(nc12)CCn1cc(C(=O)O)c(=O)cc1-3. The summed E-state index contributed by atoms with van der Waals surface area (Å²) in [6, 6.07) is 7.10. The van der Waals surface area contributed by atoms with Crippen LogP contribution in [0.2, 0.25) is 0 Å². The average Bonchev–Trinajstić information content (AvgIpc) is 3.20. The van der Waals surface area contributed by atoms with Gasteiger partial charge in [-0.15, -0.1) is 0 Å². The number of carboxylic acids is 1. The third kappa shape index (κ3) is 4.76. The molecule has 0 saturated heterocycles. The zero-order chi connectivity index (χ0) is 23.4. The fourth-order valence-corrected chi connectivity index (χ4v) is 4.19. The number of aromatic carboxylic acids is 1. The summed E-state index contributed by atoms with van der Waals surface area (Å²) in [4.78, 5) is 34.8. The highest BCUT2D eigenvalue weighted by Gasteiger charge is 2.24. The molecule has 0 fully saturated rings. The summed E-state index contributed by atoms with van der Waals surface area (Å²) < 4.78 is 14.3. The van der Waals surface area contributed by atoms with Crippen LogP contribution in [0.5, 0.6) is 5.75 Å². The number of aromatic nitrogens is 3. The average molecular weight is 453 g/mol. The van der Waals surface area contributed by atoms with Gasteiger partial charge in [-0.05, 0) is 18.9 Å². The van der Waals surface area contributed by atoms with Gasteiger partial charge in [0.15, 0.2) is 5.43 Å². The molecule has 4 rings (SSSR count). The fourth-order valence-electron chi connectivity index (χ4n) is 4.19. The molecule has 0 bridgehead atoms. The molecule has 0 amide bonds. The van der Waals surface area contributed by atoms with Crippen molar-refractivity contribution in [3.05, 3.63) is 46.2 Å². The number of esters is 1. The van der Waals surface area contributed by atoms with Gasteiger partial charge in [0, 0.05) is 30.6 Å². The van der Waals surface area contributed by atoms with Crippen molar-refractivity contribution in [2.24, 2.45) is 0 Å². The summed E-state index contributed by atoms with van der Waals surface area (Å²) in [5.74, 6) is -0.696. The lowest BCUT2D eigenvalue weighted by molar-refractivity contribution is -0.140. The summed E-state index contributed by atoms with van der Waals surface area (Å²) in [6.07, 6.45) is 6.65. The number of carbonyl (C=O) groups is 2. The van der Waals surface area contributed by atoms with E-state index in [1.165, 1.54) is 19.4 Å². The van der Waals surface area contributed by atoms with Crippen molar-refractivity contribution in [2.45, 2.75) is 51.6 Å². The number of carbonyl (C=O) groups excluding carboxylic acids is 1. The molecule has 1 aromatic carbocycles. The van der Waals surface area contributed by atoms with Gasteiger partial charge in [-0.25, -0.2) is 4.79 Å². The van der Waals surface area contributed by atoms with E-state index in [9.17, 15) is 19.5 Å². The highest BCUT2D eigenvalue weighted by Crippen LogP contribution is 2.35. The molecule has 0 unspecified atom stereocenters. The Hall–Kier alpha value is -3.62. The third-order valence-corrected chi connectivity index (χ3v) is 5.90. The Bertz CT molecular complexity index is 1240. The van der Waals surface area contributed by atoms with Gasteiger partial charge in [-0.2, -0.15) is 5.10 Å². The third-order valence-electron chi connectivity index (χ3n) is 5.90. The monoisotopic (exact) mass is 453 g/mol. The van der Waals surface area contributed by atoms with E-state index in [0.29, 0.717) is 37.6 Å². The van der Waals surface area contributed by atoms with E-state index in [1.807, 2.05) is 22.9 Å². The lowest BCUT2D eigenvalue weighted by Gasteiger charge is -2.21. The first kappa shape index (κ1) is 22.6. The number of methoxy groups -OCH3 is 1. The minimum atomic E-state index is -1.22. The summed E-state index contributed by atoms with van der Waals surface area (Å²) in [5.41, 5.74) is 1.43. The molecule has 0 aliphatic carbocycles. The number of carboxylic acid groups (broad SMARTS) is 1. The molecule has 0 saturated carbocycles. The van der Waals surface area contributed by atoms with Gasteiger partial charge < -0.3 is 19.1 Å². The molecular formula is C24H27N3O6. The normalized spacial score (nSPS) is 12.3. The second kappa shape index (κ2) is 9.89. The number of pyridine rings is 1.